The highest BCUT2D eigenvalue weighted by Gasteiger charge is 2.52. The van der Waals surface area contributed by atoms with Crippen LogP contribution in [0.1, 0.15) is 12.8 Å². The molecule has 0 atom stereocenters. The minimum Gasteiger partial charge on any atom is -0.348 e. The maximum atomic E-state index is 11.7. The van der Waals surface area contributed by atoms with E-state index in [-0.39, 0.29) is 5.41 Å². The summed E-state index contributed by atoms with van der Waals surface area (Å²) >= 11 is 0. The summed E-state index contributed by atoms with van der Waals surface area (Å²) in [6, 6.07) is 0. The molecule has 0 aromatic heterocycles. The van der Waals surface area contributed by atoms with Crippen molar-refractivity contribution in [3.63, 3.8) is 0 Å². The number of rotatable bonds is 1. The second-order valence-electron chi connectivity index (χ2n) is 4.39. The molecular formula is C9H16N2O. The number of nitrogens with one attached hydrogen (secondary N) is 1. The lowest BCUT2D eigenvalue weighted by Crippen LogP contribution is -2.61. The van der Waals surface area contributed by atoms with Crippen LogP contribution in [-0.4, -0.2) is 38.0 Å². The van der Waals surface area contributed by atoms with Crippen molar-refractivity contribution >= 4 is 5.91 Å². The zero-order valence-electron chi connectivity index (χ0n) is 7.76. The highest BCUT2D eigenvalue weighted by Crippen LogP contribution is 2.48. The Morgan fingerprint density at radius 2 is 2.17 bits per heavy atom. The first kappa shape index (κ1) is 8.05. The zero-order valence-corrected chi connectivity index (χ0v) is 7.76. The molecule has 0 unspecified atom stereocenters. The lowest BCUT2D eigenvalue weighted by Gasteiger charge is -2.52. The van der Waals surface area contributed by atoms with E-state index in [0.717, 1.165) is 31.8 Å². The van der Waals surface area contributed by atoms with Gasteiger partial charge in [-0.2, -0.15) is 0 Å². The van der Waals surface area contributed by atoms with Gasteiger partial charge in [0.15, 0.2) is 0 Å². The van der Waals surface area contributed by atoms with Crippen LogP contribution in [-0.2, 0) is 4.79 Å². The van der Waals surface area contributed by atoms with Gasteiger partial charge < -0.3 is 10.2 Å². The van der Waals surface area contributed by atoms with Gasteiger partial charge in [0.25, 0.3) is 0 Å². The minimum atomic E-state index is -0.0214. The normalized spacial score (nSPS) is 38.7. The SMILES string of the molecule is CN(C)C(=O)C12CNCC(C1)C2. The van der Waals surface area contributed by atoms with E-state index in [9.17, 15) is 4.79 Å². The molecule has 1 N–H and O–H groups in total. The van der Waals surface area contributed by atoms with Crippen molar-refractivity contribution in [2.45, 2.75) is 12.8 Å². The van der Waals surface area contributed by atoms with Gasteiger partial charge in [0.1, 0.15) is 0 Å². The summed E-state index contributed by atoms with van der Waals surface area (Å²) in [6.45, 7) is 2.00. The van der Waals surface area contributed by atoms with Crippen molar-refractivity contribution in [1.82, 2.24) is 10.2 Å². The highest BCUT2D eigenvalue weighted by atomic mass is 16.2. The number of hydrogen-bond acceptors (Lipinski definition) is 2. The number of piperidine rings is 2. The second-order valence-corrected chi connectivity index (χ2v) is 4.39. The van der Waals surface area contributed by atoms with E-state index >= 15 is 0 Å². The number of fused-ring (bicyclic) bond motifs is 2. The van der Waals surface area contributed by atoms with Crippen molar-refractivity contribution in [2.24, 2.45) is 11.3 Å². The predicted molar refractivity (Wildman–Crippen MR) is 46.7 cm³/mol. The maximum Gasteiger partial charge on any atom is 0.229 e. The summed E-state index contributed by atoms with van der Waals surface area (Å²) in [5, 5.41) is 3.31. The molecule has 3 rings (SSSR count). The van der Waals surface area contributed by atoms with Crippen LogP contribution in [0.15, 0.2) is 0 Å². The molecule has 0 aromatic rings. The Kier molecular flexibility index (Phi) is 1.65. The molecule has 2 aliphatic heterocycles. The molecule has 3 aliphatic rings. The Balaban J connectivity index is 2.07. The van der Waals surface area contributed by atoms with Gasteiger partial charge in [-0.25, -0.2) is 0 Å². The van der Waals surface area contributed by atoms with Crippen LogP contribution in [0.25, 0.3) is 0 Å². The Morgan fingerprint density at radius 3 is 2.58 bits per heavy atom. The predicted octanol–water partition coefficient (Wildman–Crippen LogP) is 0.0742. The molecule has 0 radical (unpaired) electrons. The van der Waals surface area contributed by atoms with Crippen molar-refractivity contribution in [3.8, 4) is 0 Å². The largest absolute Gasteiger partial charge is 0.348 e. The molecule has 1 aliphatic carbocycles. The third-order valence-electron chi connectivity index (χ3n) is 3.12. The van der Waals surface area contributed by atoms with Crippen LogP contribution in [0.2, 0.25) is 0 Å². The molecule has 2 saturated heterocycles. The fourth-order valence-electron chi connectivity index (χ4n) is 2.57. The third kappa shape index (κ3) is 0.959. The standard InChI is InChI=1S/C9H16N2O/c1-11(2)8(12)9-3-7(4-9)5-10-6-9/h7,10H,3-6H2,1-2H3. The quantitative estimate of drug-likeness (QED) is 0.601. The molecule has 68 valence electrons. The molecule has 2 bridgehead atoms. The van der Waals surface area contributed by atoms with Gasteiger partial charge in [-0.3, -0.25) is 4.79 Å². The van der Waals surface area contributed by atoms with E-state index in [0.29, 0.717) is 5.91 Å². The second kappa shape index (κ2) is 2.46. The van der Waals surface area contributed by atoms with Crippen LogP contribution < -0.4 is 5.32 Å². The Bertz CT molecular complexity index is 201. The first-order valence-corrected chi connectivity index (χ1v) is 4.56. The lowest BCUT2D eigenvalue weighted by atomic mass is 9.58. The Hall–Kier alpha value is -0.570. The van der Waals surface area contributed by atoms with Crippen LogP contribution in [0.5, 0.6) is 0 Å². The third-order valence-corrected chi connectivity index (χ3v) is 3.12. The topological polar surface area (TPSA) is 32.3 Å². The lowest BCUT2D eigenvalue weighted by molar-refractivity contribution is -0.151. The summed E-state index contributed by atoms with van der Waals surface area (Å²) in [4.78, 5) is 13.5. The van der Waals surface area contributed by atoms with Crippen LogP contribution in [0, 0.1) is 11.3 Å². The maximum absolute atomic E-state index is 11.7. The van der Waals surface area contributed by atoms with E-state index in [2.05, 4.69) is 5.32 Å². The number of hydrogen-bond donors (Lipinski definition) is 1. The molecule has 3 heteroatoms. The fourth-order valence-corrected chi connectivity index (χ4v) is 2.57. The number of nitrogens with zero attached hydrogens (tertiary/aromatic N) is 1. The average Bonchev–Trinajstić information content (AvgIpc) is 2.02. The van der Waals surface area contributed by atoms with E-state index in [4.69, 9.17) is 0 Å². The number of amides is 1. The summed E-state index contributed by atoms with van der Waals surface area (Å²) in [7, 11) is 3.69. The van der Waals surface area contributed by atoms with Gasteiger partial charge in [-0.1, -0.05) is 0 Å². The molecule has 1 amide bonds. The Labute approximate surface area is 73.1 Å². The highest BCUT2D eigenvalue weighted by molar-refractivity contribution is 5.83. The zero-order chi connectivity index (χ0) is 8.77. The molecular weight excluding hydrogens is 152 g/mol. The van der Waals surface area contributed by atoms with Crippen LogP contribution in [0.4, 0.5) is 0 Å². The van der Waals surface area contributed by atoms with Gasteiger partial charge in [0.05, 0.1) is 5.41 Å². The molecule has 3 fully saturated rings. The molecule has 1 saturated carbocycles. The first-order valence-electron chi connectivity index (χ1n) is 4.56. The van der Waals surface area contributed by atoms with Crippen molar-refractivity contribution < 1.29 is 4.79 Å². The summed E-state index contributed by atoms with van der Waals surface area (Å²) in [6.07, 6.45) is 2.22. The number of carbonyl (C=O) groups is 1. The van der Waals surface area contributed by atoms with Gasteiger partial charge in [-0.05, 0) is 25.3 Å². The summed E-state index contributed by atoms with van der Waals surface area (Å²) < 4.78 is 0. The monoisotopic (exact) mass is 168 g/mol. The van der Waals surface area contributed by atoms with Crippen molar-refractivity contribution in [3.05, 3.63) is 0 Å². The van der Waals surface area contributed by atoms with E-state index in [1.54, 1.807) is 4.90 Å². The van der Waals surface area contributed by atoms with Crippen molar-refractivity contribution in [2.75, 3.05) is 27.2 Å². The van der Waals surface area contributed by atoms with Crippen molar-refractivity contribution in [1.29, 1.82) is 0 Å². The van der Waals surface area contributed by atoms with E-state index in [1.807, 2.05) is 14.1 Å². The first-order chi connectivity index (χ1) is 5.64. The molecule has 2 heterocycles. The van der Waals surface area contributed by atoms with Gasteiger partial charge in [0.2, 0.25) is 5.91 Å². The molecule has 0 spiro atoms. The summed E-state index contributed by atoms with van der Waals surface area (Å²) in [5.41, 5.74) is -0.0214. The molecule has 12 heavy (non-hydrogen) atoms. The number of carbonyl (C=O) groups excluding carboxylic acids is 1. The van der Waals surface area contributed by atoms with Crippen LogP contribution >= 0.6 is 0 Å². The van der Waals surface area contributed by atoms with Gasteiger partial charge >= 0.3 is 0 Å². The smallest absolute Gasteiger partial charge is 0.229 e. The minimum absolute atomic E-state index is 0.0214. The van der Waals surface area contributed by atoms with Crippen LogP contribution in [0.3, 0.4) is 0 Å². The Morgan fingerprint density at radius 1 is 1.50 bits per heavy atom. The van der Waals surface area contributed by atoms with E-state index in [1.165, 1.54) is 0 Å². The fraction of sp³-hybridized carbons (Fsp3) is 0.889. The molecule has 3 nitrogen and oxygen atoms in total. The van der Waals surface area contributed by atoms with Gasteiger partial charge in [-0.15, -0.1) is 0 Å². The summed E-state index contributed by atoms with van der Waals surface area (Å²) in [5.74, 6) is 1.08. The molecule has 0 aromatic carbocycles. The average molecular weight is 168 g/mol. The van der Waals surface area contributed by atoms with Gasteiger partial charge in [0, 0.05) is 20.6 Å². The van der Waals surface area contributed by atoms with E-state index < -0.39 is 0 Å².